The van der Waals surface area contributed by atoms with Crippen LogP contribution in [-0.2, 0) is 6.61 Å². The first-order valence-corrected chi connectivity index (χ1v) is 8.36. The third-order valence-corrected chi connectivity index (χ3v) is 4.32. The van der Waals surface area contributed by atoms with Gasteiger partial charge in [-0.1, -0.05) is 6.07 Å². The van der Waals surface area contributed by atoms with E-state index in [4.69, 9.17) is 4.74 Å². The van der Waals surface area contributed by atoms with E-state index in [-0.39, 0.29) is 5.91 Å². The molecule has 7 heteroatoms. The number of aromatic nitrogens is 2. The second-order valence-corrected chi connectivity index (χ2v) is 6.12. The van der Waals surface area contributed by atoms with Crippen LogP contribution in [0.15, 0.2) is 40.5 Å². The van der Waals surface area contributed by atoms with Gasteiger partial charge in [-0.25, -0.2) is 9.97 Å². The van der Waals surface area contributed by atoms with Gasteiger partial charge < -0.3 is 4.74 Å². The maximum absolute atomic E-state index is 12.2. The Balaban J connectivity index is 1.66. The summed E-state index contributed by atoms with van der Waals surface area (Å²) in [5.41, 5.74) is 4.06. The van der Waals surface area contributed by atoms with Gasteiger partial charge >= 0.3 is 0 Å². The second kappa shape index (κ2) is 6.67. The van der Waals surface area contributed by atoms with E-state index in [9.17, 15) is 4.79 Å². The number of carbonyl (C=O) groups excluding carboxylic acids is 1. The Bertz CT molecular complexity index is 769. The number of benzene rings is 1. The number of thiazole rings is 2. The number of hydrogen-bond acceptors (Lipinski definition) is 6. The van der Waals surface area contributed by atoms with Gasteiger partial charge in [-0.05, 0) is 25.1 Å². The van der Waals surface area contributed by atoms with Crippen molar-refractivity contribution >= 4 is 33.7 Å². The molecule has 0 aliphatic heterocycles. The van der Waals surface area contributed by atoms with Crippen LogP contribution in [0, 0.1) is 6.92 Å². The van der Waals surface area contributed by atoms with Gasteiger partial charge in [0.25, 0.3) is 5.91 Å². The van der Waals surface area contributed by atoms with Crippen LogP contribution < -0.4 is 10.1 Å². The predicted octanol–water partition coefficient (Wildman–Crippen LogP) is 3.74. The van der Waals surface area contributed by atoms with Crippen LogP contribution in [0.5, 0.6) is 5.75 Å². The normalized spacial score (nSPS) is 10.4. The minimum atomic E-state index is -0.201. The molecular formula is C15H13N3O2S2. The second-order valence-electron chi connectivity index (χ2n) is 4.54. The van der Waals surface area contributed by atoms with E-state index in [0.29, 0.717) is 23.1 Å². The molecule has 0 bridgehead atoms. The van der Waals surface area contributed by atoms with E-state index in [2.05, 4.69) is 15.3 Å². The standard InChI is InChI=1S/C15H13N3O2S2/c1-10-7-22-15(17-10)18-14(19)11-3-2-4-13(5-11)20-6-12-8-21-9-16-12/h2-5,7-9H,6H2,1H3,(H,17,18,19). The Morgan fingerprint density at radius 2 is 2.27 bits per heavy atom. The lowest BCUT2D eigenvalue weighted by atomic mass is 10.2. The Kier molecular flexibility index (Phi) is 4.45. The molecule has 2 aromatic heterocycles. The van der Waals surface area contributed by atoms with Crippen LogP contribution >= 0.6 is 22.7 Å². The van der Waals surface area contributed by atoms with Gasteiger partial charge in [0, 0.05) is 16.3 Å². The van der Waals surface area contributed by atoms with Crippen molar-refractivity contribution in [2.24, 2.45) is 0 Å². The summed E-state index contributed by atoms with van der Waals surface area (Å²) in [6, 6.07) is 7.06. The lowest BCUT2D eigenvalue weighted by molar-refractivity contribution is 0.102. The fourth-order valence-corrected chi connectivity index (χ4v) is 3.00. The molecule has 0 atom stereocenters. The van der Waals surface area contributed by atoms with Gasteiger partial charge in [-0.15, -0.1) is 22.7 Å². The summed E-state index contributed by atoms with van der Waals surface area (Å²) in [6.07, 6.45) is 0. The van der Waals surface area contributed by atoms with Gasteiger partial charge in [0.2, 0.25) is 0 Å². The summed E-state index contributed by atoms with van der Waals surface area (Å²) >= 11 is 2.93. The van der Waals surface area contributed by atoms with Crippen molar-refractivity contribution in [1.82, 2.24) is 9.97 Å². The van der Waals surface area contributed by atoms with Crippen LogP contribution in [-0.4, -0.2) is 15.9 Å². The largest absolute Gasteiger partial charge is 0.487 e. The maximum atomic E-state index is 12.2. The lowest BCUT2D eigenvalue weighted by Gasteiger charge is -2.06. The Morgan fingerprint density at radius 3 is 3.00 bits per heavy atom. The van der Waals surface area contributed by atoms with Crippen LogP contribution in [0.3, 0.4) is 0 Å². The fourth-order valence-electron chi connectivity index (χ4n) is 1.77. The van der Waals surface area contributed by atoms with Crippen molar-refractivity contribution in [3.63, 3.8) is 0 Å². The van der Waals surface area contributed by atoms with Crippen molar-refractivity contribution in [3.8, 4) is 5.75 Å². The molecule has 0 unspecified atom stereocenters. The molecule has 3 rings (SSSR count). The van der Waals surface area contributed by atoms with Crippen molar-refractivity contribution < 1.29 is 9.53 Å². The van der Waals surface area contributed by atoms with Crippen LogP contribution in [0.25, 0.3) is 0 Å². The van der Waals surface area contributed by atoms with Crippen LogP contribution in [0.4, 0.5) is 5.13 Å². The topological polar surface area (TPSA) is 64.1 Å². The molecule has 1 aromatic carbocycles. The highest BCUT2D eigenvalue weighted by Gasteiger charge is 2.09. The summed E-state index contributed by atoms with van der Waals surface area (Å²) in [5, 5.41) is 7.20. The van der Waals surface area contributed by atoms with E-state index in [0.717, 1.165) is 11.4 Å². The van der Waals surface area contributed by atoms with E-state index >= 15 is 0 Å². The third kappa shape index (κ3) is 3.69. The van der Waals surface area contributed by atoms with E-state index in [1.165, 1.54) is 22.7 Å². The molecule has 3 aromatic rings. The number of aryl methyl sites for hydroxylation is 1. The SMILES string of the molecule is Cc1csc(NC(=O)c2cccc(OCc3cscn3)c2)n1. The van der Waals surface area contributed by atoms with Gasteiger partial charge in [0.05, 0.1) is 16.9 Å². The molecule has 22 heavy (non-hydrogen) atoms. The predicted molar refractivity (Wildman–Crippen MR) is 87.7 cm³/mol. The van der Waals surface area contributed by atoms with Gasteiger partial charge in [0.1, 0.15) is 12.4 Å². The monoisotopic (exact) mass is 331 g/mol. The number of amides is 1. The number of hydrogen-bond donors (Lipinski definition) is 1. The van der Waals surface area contributed by atoms with Crippen molar-refractivity contribution in [2.75, 3.05) is 5.32 Å². The van der Waals surface area contributed by atoms with E-state index in [1.54, 1.807) is 23.7 Å². The summed E-state index contributed by atoms with van der Waals surface area (Å²) in [7, 11) is 0. The van der Waals surface area contributed by atoms with Crippen molar-refractivity contribution in [3.05, 3.63) is 57.5 Å². The molecule has 0 saturated carbocycles. The minimum absolute atomic E-state index is 0.201. The number of nitrogens with zero attached hydrogens (tertiary/aromatic N) is 2. The smallest absolute Gasteiger partial charge is 0.257 e. The zero-order chi connectivity index (χ0) is 15.4. The molecule has 0 aliphatic carbocycles. The molecule has 2 heterocycles. The Hall–Kier alpha value is -2.25. The number of rotatable bonds is 5. The van der Waals surface area contributed by atoms with Gasteiger partial charge in [-0.2, -0.15) is 0 Å². The molecule has 0 aliphatic rings. The van der Waals surface area contributed by atoms with E-state index in [1.807, 2.05) is 23.8 Å². The third-order valence-electron chi connectivity index (χ3n) is 2.81. The maximum Gasteiger partial charge on any atom is 0.257 e. The van der Waals surface area contributed by atoms with Crippen molar-refractivity contribution in [1.29, 1.82) is 0 Å². The van der Waals surface area contributed by atoms with Crippen LogP contribution in [0.1, 0.15) is 21.7 Å². The highest BCUT2D eigenvalue weighted by Crippen LogP contribution is 2.18. The highest BCUT2D eigenvalue weighted by atomic mass is 32.1. The highest BCUT2D eigenvalue weighted by molar-refractivity contribution is 7.14. The summed E-state index contributed by atoms with van der Waals surface area (Å²) < 4.78 is 5.65. The number of ether oxygens (including phenoxy) is 1. The lowest BCUT2D eigenvalue weighted by Crippen LogP contribution is -2.11. The minimum Gasteiger partial charge on any atom is -0.487 e. The van der Waals surface area contributed by atoms with E-state index < -0.39 is 0 Å². The number of carbonyl (C=O) groups is 1. The van der Waals surface area contributed by atoms with Gasteiger partial charge in [-0.3, -0.25) is 10.1 Å². The van der Waals surface area contributed by atoms with Crippen molar-refractivity contribution in [2.45, 2.75) is 13.5 Å². The first-order chi connectivity index (χ1) is 10.7. The molecule has 1 amide bonds. The number of nitrogens with one attached hydrogen (secondary N) is 1. The van der Waals surface area contributed by atoms with Crippen LogP contribution in [0.2, 0.25) is 0 Å². The molecular weight excluding hydrogens is 318 g/mol. The Labute approximate surface area is 135 Å². The first kappa shape index (κ1) is 14.7. The average Bonchev–Trinajstić information content (AvgIpc) is 3.17. The quantitative estimate of drug-likeness (QED) is 0.773. The number of anilines is 1. The first-order valence-electron chi connectivity index (χ1n) is 6.54. The molecule has 112 valence electrons. The Morgan fingerprint density at radius 1 is 1.36 bits per heavy atom. The van der Waals surface area contributed by atoms with Gasteiger partial charge in [0.15, 0.2) is 5.13 Å². The summed E-state index contributed by atoms with van der Waals surface area (Å²) in [4.78, 5) is 20.6. The summed E-state index contributed by atoms with van der Waals surface area (Å²) in [5.74, 6) is 0.435. The zero-order valence-electron chi connectivity index (χ0n) is 11.8. The average molecular weight is 331 g/mol. The molecule has 0 radical (unpaired) electrons. The molecule has 5 nitrogen and oxygen atoms in total. The molecule has 0 spiro atoms. The molecule has 1 N–H and O–H groups in total. The molecule has 0 saturated heterocycles. The molecule has 0 fully saturated rings. The zero-order valence-corrected chi connectivity index (χ0v) is 13.4. The fraction of sp³-hybridized carbons (Fsp3) is 0.133. The summed E-state index contributed by atoms with van der Waals surface area (Å²) in [6.45, 7) is 2.28.